The zero-order valence-corrected chi connectivity index (χ0v) is 20.8. The van der Waals surface area contributed by atoms with Crippen LogP contribution in [0.1, 0.15) is 106 Å². The molecule has 0 aliphatic rings. The molecule has 0 radical (unpaired) electrons. The molecule has 0 aromatic rings. The Morgan fingerprint density at radius 1 is 0.929 bits per heavy atom. The average molecular weight is 437 g/mol. The molecule has 168 valence electrons. The molecular formula is C23H48CrN2O2. The number of urea groups is 1. The average Bonchev–Trinajstić information content (AvgIpc) is 2.60. The monoisotopic (exact) mass is 436 g/mol. The zero-order chi connectivity index (χ0) is 21.3. The van der Waals surface area contributed by atoms with Gasteiger partial charge in [-0.05, 0) is 0 Å². The van der Waals surface area contributed by atoms with E-state index in [0.29, 0.717) is 15.2 Å². The van der Waals surface area contributed by atoms with Crippen LogP contribution in [-0.4, -0.2) is 30.3 Å². The summed E-state index contributed by atoms with van der Waals surface area (Å²) in [5.74, 6) is 0. The van der Waals surface area contributed by atoms with Crippen molar-refractivity contribution in [3.8, 4) is 0 Å². The minimum absolute atomic E-state index is 0.0359. The van der Waals surface area contributed by atoms with Crippen molar-refractivity contribution in [1.29, 1.82) is 0 Å². The fourth-order valence-electron chi connectivity index (χ4n) is 3.07. The van der Waals surface area contributed by atoms with Gasteiger partial charge in [0, 0.05) is 0 Å². The van der Waals surface area contributed by atoms with E-state index in [-0.39, 0.29) is 23.7 Å². The Hall–Kier alpha value is -0.238. The Kier molecular flexibility index (Phi) is 17.5. The van der Waals surface area contributed by atoms with E-state index in [1.54, 1.807) is 0 Å². The van der Waals surface area contributed by atoms with Crippen molar-refractivity contribution in [3.63, 3.8) is 0 Å². The quantitative estimate of drug-likeness (QED) is 0.249. The van der Waals surface area contributed by atoms with Crippen molar-refractivity contribution < 1.29 is 24.8 Å². The van der Waals surface area contributed by atoms with Crippen molar-refractivity contribution in [2.75, 3.05) is 6.61 Å². The Balaban J connectivity index is 4.19. The molecule has 0 aromatic heterocycles. The van der Waals surface area contributed by atoms with E-state index in [2.05, 4.69) is 31.4 Å². The van der Waals surface area contributed by atoms with Crippen LogP contribution in [-0.2, 0) is 20.0 Å². The van der Waals surface area contributed by atoms with Crippen LogP contribution in [0.5, 0.6) is 0 Å². The molecule has 4 nitrogen and oxygen atoms in total. The second-order valence-corrected chi connectivity index (χ2v) is 10.8. The van der Waals surface area contributed by atoms with Crippen LogP contribution in [0.2, 0.25) is 10.6 Å². The van der Waals surface area contributed by atoms with Crippen molar-refractivity contribution in [1.82, 2.24) is 10.6 Å². The molecule has 2 unspecified atom stereocenters. The maximum absolute atomic E-state index is 12.2. The van der Waals surface area contributed by atoms with Crippen LogP contribution in [0.25, 0.3) is 0 Å². The molecule has 0 aliphatic carbocycles. The summed E-state index contributed by atoms with van der Waals surface area (Å²) in [6, 6.07) is -0.0615. The van der Waals surface area contributed by atoms with Gasteiger partial charge in [-0.1, -0.05) is 13.3 Å². The number of carbonyl (C=O) groups excluding carboxylic acids is 1. The molecule has 0 spiro atoms. The number of rotatable bonds is 17. The van der Waals surface area contributed by atoms with Crippen LogP contribution >= 0.6 is 0 Å². The van der Waals surface area contributed by atoms with Gasteiger partial charge in [-0.2, -0.15) is 0 Å². The summed E-state index contributed by atoms with van der Waals surface area (Å²) in [6.45, 7) is 13.4. The number of hydrogen-bond donors (Lipinski definition) is 2. The molecule has 2 atom stereocenters. The van der Waals surface area contributed by atoms with Crippen molar-refractivity contribution in [3.05, 3.63) is 0 Å². The Morgan fingerprint density at radius 3 is 2.11 bits per heavy atom. The molecule has 0 heterocycles. The van der Waals surface area contributed by atoms with E-state index < -0.39 is 0 Å². The van der Waals surface area contributed by atoms with Gasteiger partial charge >= 0.3 is 169 Å². The van der Waals surface area contributed by atoms with E-state index in [0.717, 1.165) is 19.4 Å². The fourth-order valence-corrected chi connectivity index (χ4v) is 4.46. The summed E-state index contributed by atoms with van der Waals surface area (Å²) < 4.78 is 6.23. The molecule has 28 heavy (non-hydrogen) atoms. The van der Waals surface area contributed by atoms with Crippen LogP contribution in [0, 0.1) is 0 Å². The molecule has 0 aromatic carbocycles. The first-order valence-corrected chi connectivity index (χ1v) is 13.4. The van der Waals surface area contributed by atoms with Crippen molar-refractivity contribution in [2.45, 2.75) is 134 Å². The van der Waals surface area contributed by atoms with Crippen LogP contribution < -0.4 is 10.6 Å². The molecule has 0 saturated heterocycles. The molecule has 5 heteroatoms. The summed E-state index contributed by atoms with van der Waals surface area (Å²) in [5.41, 5.74) is -0.221. The number of amides is 2. The molecule has 0 saturated carbocycles. The second-order valence-electron chi connectivity index (χ2n) is 8.92. The summed E-state index contributed by atoms with van der Waals surface area (Å²) in [5, 5.41) is 8.64. The van der Waals surface area contributed by atoms with Crippen molar-refractivity contribution >= 4 is 6.03 Å². The third kappa shape index (κ3) is 17.8. The Labute approximate surface area is 182 Å². The van der Waals surface area contributed by atoms with Gasteiger partial charge in [0.25, 0.3) is 0 Å². The number of ether oxygens (including phenoxy) is 1. The van der Waals surface area contributed by atoms with Gasteiger partial charge in [-0.25, -0.2) is 0 Å². The molecular weight excluding hydrogens is 388 g/mol. The van der Waals surface area contributed by atoms with Crippen LogP contribution in [0.15, 0.2) is 0 Å². The SMILES string of the molecule is CCCCCCCCCCOC(C[CH2][Cr][CH2]CC)C(C)NC(=O)NC(C)(C)C. The van der Waals surface area contributed by atoms with E-state index in [1.807, 2.05) is 20.8 Å². The number of carbonyl (C=O) groups is 1. The second kappa shape index (κ2) is 17.6. The summed E-state index contributed by atoms with van der Waals surface area (Å²) in [6.07, 6.45) is 12.9. The fraction of sp³-hybridized carbons (Fsp3) is 0.957. The third-order valence-electron chi connectivity index (χ3n) is 4.63. The normalized spacial score (nSPS) is 13.9. The van der Waals surface area contributed by atoms with Gasteiger partial charge in [-0.3, -0.25) is 0 Å². The van der Waals surface area contributed by atoms with E-state index >= 15 is 0 Å². The van der Waals surface area contributed by atoms with Gasteiger partial charge < -0.3 is 0 Å². The third-order valence-corrected chi connectivity index (χ3v) is 6.54. The van der Waals surface area contributed by atoms with Gasteiger partial charge in [0.2, 0.25) is 0 Å². The first-order chi connectivity index (χ1) is 13.3. The first-order valence-electron chi connectivity index (χ1n) is 11.6. The predicted molar refractivity (Wildman–Crippen MR) is 118 cm³/mol. The standard InChI is InChI=1S/C20H41N2O2.C3H7.Cr/c1-7-9-10-11-12-13-14-15-16-24-18(8-2)17(3)21-19(23)22-20(4,5)6;1-3-2;/h17-18H,2,7-16H2,1,3-6H3,(H2,21,22,23);1,3H2,2H3;. The Morgan fingerprint density at radius 2 is 1.54 bits per heavy atom. The molecule has 0 bridgehead atoms. The molecule has 0 aliphatic heterocycles. The summed E-state index contributed by atoms with van der Waals surface area (Å²) in [7, 11) is 0. The van der Waals surface area contributed by atoms with E-state index in [4.69, 9.17) is 4.74 Å². The zero-order valence-electron chi connectivity index (χ0n) is 19.6. The molecule has 2 amide bonds. The Bertz CT molecular complexity index is 372. The summed E-state index contributed by atoms with van der Waals surface area (Å²) in [4.78, 5) is 12.2. The summed E-state index contributed by atoms with van der Waals surface area (Å²) >= 11 is 0.697. The van der Waals surface area contributed by atoms with Crippen molar-refractivity contribution in [2.24, 2.45) is 0 Å². The van der Waals surface area contributed by atoms with Crippen LogP contribution in [0.4, 0.5) is 4.79 Å². The number of hydrogen-bond acceptors (Lipinski definition) is 2. The first kappa shape index (κ1) is 27.8. The topological polar surface area (TPSA) is 50.4 Å². The molecule has 0 fully saturated rings. The minimum atomic E-state index is -0.221. The van der Waals surface area contributed by atoms with Gasteiger partial charge in [0.05, 0.1) is 0 Å². The predicted octanol–water partition coefficient (Wildman–Crippen LogP) is 6.72. The van der Waals surface area contributed by atoms with Gasteiger partial charge in [-0.15, -0.1) is 0 Å². The van der Waals surface area contributed by atoms with E-state index in [9.17, 15) is 4.79 Å². The molecule has 2 N–H and O–H groups in total. The van der Waals surface area contributed by atoms with E-state index in [1.165, 1.54) is 61.9 Å². The molecule has 0 rings (SSSR count). The number of unbranched alkanes of at least 4 members (excludes halogenated alkanes) is 7. The van der Waals surface area contributed by atoms with Gasteiger partial charge in [0.15, 0.2) is 0 Å². The van der Waals surface area contributed by atoms with Gasteiger partial charge in [0.1, 0.15) is 0 Å². The number of nitrogens with one attached hydrogen (secondary N) is 2. The maximum atomic E-state index is 12.2. The van der Waals surface area contributed by atoms with Crippen LogP contribution in [0.3, 0.4) is 0 Å².